The quantitative estimate of drug-likeness (QED) is 0.893. The molecule has 0 aromatic carbocycles. The maximum atomic E-state index is 11.8. The maximum Gasteiger partial charge on any atom is 0.267 e. The van der Waals surface area contributed by atoms with E-state index < -0.39 is 0 Å². The highest BCUT2D eigenvalue weighted by Crippen LogP contribution is 2.20. The zero-order valence-electron chi connectivity index (χ0n) is 13.1. The van der Waals surface area contributed by atoms with E-state index in [1.165, 1.54) is 12.0 Å². The fourth-order valence-electron chi connectivity index (χ4n) is 3.27. The average molecular weight is 349 g/mol. The second-order valence-electron chi connectivity index (χ2n) is 6.06. The molecule has 1 aromatic heterocycles. The molecule has 3 rings (SSSR count). The normalized spacial score (nSPS) is 19.0. The van der Waals surface area contributed by atoms with Gasteiger partial charge < -0.3 is 9.80 Å². The van der Waals surface area contributed by atoms with Gasteiger partial charge in [0.05, 0.1) is 5.69 Å². The van der Waals surface area contributed by atoms with Gasteiger partial charge in [-0.2, -0.15) is 5.10 Å². The molecule has 0 unspecified atom stereocenters. The van der Waals surface area contributed by atoms with Crippen LogP contribution in [0.1, 0.15) is 29.7 Å². The van der Waals surface area contributed by atoms with E-state index in [4.69, 9.17) is 0 Å². The second-order valence-corrected chi connectivity index (χ2v) is 6.06. The van der Waals surface area contributed by atoms with Gasteiger partial charge in [0.2, 0.25) is 0 Å². The minimum Gasteiger partial charge on any atom is -0.304 e. The predicted molar refractivity (Wildman–Crippen MR) is 93.6 cm³/mol. The third kappa shape index (κ3) is 4.44. The Morgan fingerprint density at radius 1 is 1.05 bits per heavy atom. The summed E-state index contributed by atoms with van der Waals surface area (Å²) >= 11 is 0. The maximum absolute atomic E-state index is 11.8. The lowest BCUT2D eigenvalue weighted by atomic mass is 9.91. The Morgan fingerprint density at radius 3 is 2.36 bits per heavy atom. The van der Waals surface area contributed by atoms with Crippen molar-refractivity contribution in [3.63, 3.8) is 0 Å². The number of rotatable bonds is 3. The van der Waals surface area contributed by atoms with Gasteiger partial charge in [0.15, 0.2) is 0 Å². The Kier molecular flexibility index (Phi) is 7.83. The Balaban J connectivity index is 0.00000121. The van der Waals surface area contributed by atoms with Gasteiger partial charge in [-0.05, 0) is 38.3 Å². The number of piperazine rings is 1. The summed E-state index contributed by atoms with van der Waals surface area (Å²) in [5, 5.41) is 7.01. The van der Waals surface area contributed by atoms with Crippen LogP contribution in [0.2, 0.25) is 0 Å². The summed E-state index contributed by atoms with van der Waals surface area (Å²) in [5.74, 6) is 0. The van der Waals surface area contributed by atoms with Crippen molar-refractivity contribution < 1.29 is 0 Å². The van der Waals surface area contributed by atoms with Crippen LogP contribution in [0.15, 0.2) is 4.79 Å². The number of hydrogen-bond donors (Lipinski definition) is 1. The molecule has 2 aliphatic rings. The first-order chi connectivity index (χ1) is 9.74. The van der Waals surface area contributed by atoms with Crippen LogP contribution in [0.5, 0.6) is 0 Å². The fraction of sp³-hybridized carbons (Fsp3) is 0.733. The molecular weight excluding hydrogens is 323 g/mol. The molecule has 1 N–H and O–H groups in total. The van der Waals surface area contributed by atoms with Crippen molar-refractivity contribution in [2.45, 2.75) is 32.1 Å². The molecule has 0 amide bonds. The number of fused-ring (bicyclic) bond motifs is 1. The molecule has 0 atom stereocenters. The van der Waals surface area contributed by atoms with E-state index >= 15 is 0 Å². The van der Waals surface area contributed by atoms with E-state index in [9.17, 15) is 4.79 Å². The molecule has 1 saturated heterocycles. The van der Waals surface area contributed by atoms with Crippen LogP contribution >= 0.6 is 24.8 Å². The highest BCUT2D eigenvalue weighted by atomic mass is 35.5. The Bertz CT molecular complexity index is 527. The van der Waals surface area contributed by atoms with E-state index in [1.54, 1.807) is 0 Å². The minimum absolute atomic E-state index is 0. The first-order valence-electron chi connectivity index (χ1n) is 7.74. The molecule has 22 heavy (non-hydrogen) atoms. The number of H-pyrrole nitrogens is 1. The van der Waals surface area contributed by atoms with Crippen molar-refractivity contribution in [2.75, 3.05) is 39.8 Å². The molecule has 1 aromatic rings. The molecule has 0 saturated carbocycles. The zero-order chi connectivity index (χ0) is 13.9. The summed E-state index contributed by atoms with van der Waals surface area (Å²) in [4.78, 5) is 16.7. The summed E-state index contributed by atoms with van der Waals surface area (Å²) in [6, 6.07) is 0. The molecule has 1 aliphatic heterocycles. The second kappa shape index (κ2) is 8.87. The van der Waals surface area contributed by atoms with E-state index in [2.05, 4.69) is 27.0 Å². The van der Waals surface area contributed by atoms with Crippen LogP contribution in [-0.2, 0) is 19.3 Å². The van der Waals surface area contributed by atoms with E-state index in [1.807, 2.05) is 0 Å². The van der Waals surface area contributed by atoms with Gasteiger partial charge in [-0.1, -0.05) is 0 Å². The van der Waals surface area contributed by atoms with Gasteiger partial charge in [0.25, 0.3) is 5.56 Å². The van der Waals surface area contributed by atoms with E-state index in [0.29, 0.717) is 0 Å². The number of aromatic nitrogens is 2. The summed E-state index contributed by atoms with van der Waals surface area (Å²) in [6.07, 6.45) is 5.25. The molecule has 1 aliphatic carbocycles. The van der Waals surface area contributed by atoms with Crippen molar-refractivity contribution in [3.8, 4) is 0 Å². The molecule has 126 valence electrons. The van der Waals surface area contributed by atoms with Crippen molar-refractivity contribution in [1.82, 2.24) is 20.0 Å². The first kappa shape index (κ1) is 19.4. The third-order valence-corrected chi connectivity index (χ3v) is 4.64. The molecule has 0 spiro atoms. The topological polar surface area (TPSA) is 52.2 Å². The molecule has 5 nitrogen and oxygen atoms in total. The van der Waals surface area contributed by atoms with Crippen molar-refractivity contribution in [2.24, 2.45) is 0 Å². The largest absolute Gasteiger partial charge is 0.304 e. The number of aromatic amines is 1. The smallest absolute Gasteiger partial charge is 0.267 e. The number of halogens is 2. The van der Waals surface area contributed by atoms with Gasteiger partial charge in [-0.25, -0.2) is 5.10 Å². The monoisotopic (exact) mass is 348 g/mol. The SMILES string of the molecule is CN1CCN(CCc2n[nH]c(=O)c3c2CCCC3)CC1.Cl.Cl. The van der Waals surface area contributed by atoms with Gasteiger partial charge in [-0.15, -0.1) is 24.8 Å². The highest BCUT2D eigenvalue weighted by Gasteiger charge is 2.19. The number of nitrogens with zero attached hydrogens (tertiary/aromatic N) is 3. The standard InChI is InChI=1S/C15H24N4O.2ClH/c1-18-8-10-19(11-9-18)7-6-14-12-4-2-3-5-13(12)15(20)17-16-14;;/h2-11H2,1H3,(H,17,20);2*1H. The molecular formula is C15H26Cl2N4O. The van der Waals surface area contributed by atoms with Gasteiger partial charge >= 0.3 is 0 Å². The molecule has 0 bridgehead atoms. The summed E-state index contributed by atoms with van der Waals surface area (Å²) in [6.45, 7) is 5.64. The Hall–Kier alpha value is -0.620. The molecule has 0 radical (unpaired) electrons. The lowest BCUT2D eigenvalue weighted by molar-refractivity contribution is 0.155. The zero-order valence-corrected chi connectivity index (χ0v) is 14.8. The van der Waals surface area contributed by atoms with Crippen molar-refractivity contribution in [1.29, 1.82) is 0 Å². The summed E-state index contributed by atoms with van der Waals surface area (Å²) < 4.78 is 0. The average Bonchev–Trinajstić information content (AvgIpc) is 2.49. The van der Waals surface area contributed by atoms with Gasteiger partial charge in [0.1, 0.15) is 0 Å². The molecule has 7 heteroatoms. The van der Waals surface area contributed by atoms with Crippen LogP contribution in [-0.4, -0.2) is 59.8 Å². The van der Waals surface area contributed by atoms with Gasteiger partial charge in [0, 0.05) is 44.7 Å². The third-order valence-electron chi connectivity index (χ3n) is 4.64. The first-order valence-corrected chi connectivity index (χ1v) is 7.74. The van der Waals surface area contributed by atoms with Crippen molar-refractivity contribution >= 4 is 24.8 Å². The molecule has 1 fully saturated rings. The number of hydrogen-bond acceptors (Lipinski definition) is 4. The van der Waals surface area contributed by atoms with Crippen LogP contribution in [0, 0.1) is 0 Å². The van der Waals surface area contributed by atoms with Gasteiger partial charge in [-0.3, -0.25) is 4.79 Å². The lowest BCUT2D eigenvalue weighted by Crippen LogP contribution is -2.45. The molecule has 2 heterocycles. The Morgan fingerprint density at radius 2 is 1.68 bits per heavy atom. The fourth-order valence-corrected chi connectivity index (χ4v) is 3.27. The van der Waals surface area contributed by atoms with Crippen LogP contribution < -0.4 is 5.56 Å². The van der Waals surface area contributed by atoms with E-state index in [-0.39, 0.29) is 30.4 Å². The van der Waals surface area contributed by atoms with Crippen LogP contribution in [0.4, 0.5) is 0 Å². The lowest BCUT2D eigenvalue weighted by Gasteiger charge is -2.32. The number of likely N-dealkylation sites (N-methyl/N-ethyl adjacent to an activating group) is 1. The Labute approximate surface area is 144 Å². The van der Waals surface area contributed by atoms with Crippen LogP contribution in [0.25, 0.3) is 0 Å². The van der Waals surface area contributed by atoms with Crippen molar-refractivity contribution in [3.05, 3.63) is 27.2 Å². The number of nitrogens with one attached hydrogen (secondary N) is 1. The predicted octanol–water partition coefficient (Wildman–Crippen LogP) is 1.28. The summed E-state index contributed by atoms with van der Waals surface area (Å²) in [7, 11) is 2.18. The highest BCUT2D eigenvalue weighted by molar-refractivity contribution is 5.85. The van der Waals surface area contributed by atoms with Crippen LogP contribution in [0.3, 0.4) is 0 Å². The minimum atomic E-state index is 0. The van der Waals surface area contributed by atoms with E-state index in [0.717, 1.165) is 69.7 Å². The summed E-state index contributed by atoms with van der Waals surface area (Å²) in [5.41, 5.74) is 3.40.